The minimum atomic E-state index is -0.613. The zero-order valence-electron chi connectivity index (χ0n) is 12.6. The first kappa shape index (κ1) is 15.3. The van der Waals surface area contributed by atoms with Crippen molar-refractivity contribution in [3.63, 3.8) is 0 Å². The van der Waals surface area contributed by atoms with Crippen LogP contribution in [0.1, 0.15) is 21.5 Å². The van der Waals surface area contributed by atoms with Crippen molar-refractivity contribution in [3.8, 4) is 17.2 Å². The van der Waals surface area contributed by atoms with Gasteiger partial charge < -0.3 is 10.7 Å². The van der Waals surface area contributed by atoms with Crippen LogP contribution in [0.5, 0.6) is 0 Å². The first-order valence-corrected chi connectivity index (χ1v) is 7.24. The third-order valence-electron chi connectivity index (χ3n) is 3.68. The maximum atomic E-state index is 12.9. The van der Waals surface area contributed by atoms with Gasteiger partial charge in [-0.05, 0) is 5.56 Å². The Hall–Kier alpha value is -3.65. The van der Waals surface area contributed by atoms with E-state index in [9.17, 15) is 14.9 Å². The monoisotopic (exact) mass is 315 g/mol. The van der Waals surface area contributed by atoms with E-state index in [0.29, 0.717) is 11.1 Å². The van der Waals surface area contributed by atoms with E-state index in [-0.39, 0.29) is 28.3 Å². The summed E-state index contributed by atoms with van der Waals surface area (Å²) in [7, 11) is 0. The number of pyridine rings is 1. The van der Waals surface area contributed by atoms with Gasteiger partial charge in [0.1, 0.15) is 17.5 Å². The number of aromatic nitrogens is 1. The summed E-state index contributed by atoms with van der Waals surface area (Å²) >= 11 is 0. The zero-order chi connectivity index (χ0) is 17.1. The summed E-state index contributed by atoms with van der Waals surface area (Å²) in [5.74, 6) is -0.397. The number of nitrogen functional groups attached to an aromatic ring is 1. The number of nitrogens with one attached hydrogen (secondary N) is 1. The molecule has 1 heterocycles. The van der Waals surface area contributed by atoms with Crippen LogP contribution >= 0.6 is 0 Å². The fourth-order valence-corrected chi connectivity index (χ4v) is 2.59. The molecule has 0 atom stereocenters. The fourth-order valence-electron chi connectivity index (χ4n) is 2.59. The molecule has 3 aromatic rings. The Kier molecular flexibility index (Phi) is 3.96. The lowest BCUT2D eigenvalue weighted by Crippen LogP contribution is -2.20. The molecule has 0 aliphatic rings. The molecule has 0 aliphatic heterocycles. The van der Waals surface area contributed by atoms with Gasteiger partial charge in [-0.25, -0.2) is 0 Å². The molecule has 0 spiro atoms. The van der Waals surface area contributed by atoms with E-state index in [1.54, 1.807) is 54.6 Å². The van der Waals surface area contributed by atoms with Crippen molar-refractivity contribution in [2.75, 3.05) is 5.73 Å². The number of ketones is 1. The summed E-state index contributed by atoms with van der Waals surface area (Å²) in [5.41, 5.74) is 6.60. The van der Waals surface area contributed by atoms with E-state index in [1.165, 1.54) is 0 Å². The van der Waals surface area contributed by atoms with Crippen LogP contribution in [0.3, 0.4) is 0 Å². The highest BCUT2D eigenvalue weighted by Gasteiger charge is 2.23. The standard InChI is InChI=1S/C19H13N3O2/c20-11-14-15(12-7-3-1-4-8-12)16(18(21)22-19(14)24)17(23)13-9-5-2-6-10-13/h1-10H,(H3,21,22,24). The summed E-state index contributed by atoms with van der Waals surface area (Å²) in [6.45, 7) is 0. The molecule has 3 rings (SSSR count). The van der Waals surface area contributed by atoms with Crippen LogP contribution in [0.15, 0.2) is 65.5 Å². The minimum Gasteiger partial charge on any atom is -0.385 e. The number of aromatic amines is 1. The Labute approximate surface area is 138 Å². The number of H-pyrrole nitrogens is 1. The fraction of sp³-hybridized carbons (Fsp3) is 0. The number of nitrogens with zero attached hydrogens (tertiary/aromatic N) is 1. The highest BCUT2D eigenvalue weighted by atomic mass is 16.1. The first-order chi connectivity index (χ1) is 11.6. The molecule has 116 valence electrons. The Morgan fingerprint density at radius 2 is 1.58 bits per heavy atom. The molecule has 0 bridgehead atoms. The van der Waals surface area contributed by atoms with Gasteiger partial charge in [-0.15, -0.1) is 0 Å². The predicted molar refractivity (Wildman–Crippen MR) is 91.5 cm³/mol. The molecule has 5 nitrogen and oxygen atoms in total. The van der Waals surface area contributed by atoms with E-state index in [2.05, 4.69) is 4.98 Å². The molecule has 5 heteroatoms. The molecule has 3 N–H and O–H groups in total. The molecule has 0 saturated heterocycles. The smallest absolute Gasteiger partial charge is 0.268 e. The molecule has 0 aliphatic carbocycles. The lowest BCUT2D eigenvalue weighted by Gasteiger charge is -2.13. The number of nitrogens with two attached hydrogens (primary N) is 1. The van der Waals surface area contributed by atoms with Crippen LogP contribution in [0, 0.1) is 11.3 Å². The summed E-state index contributed by atoms with van der Waals surface area (Å²) in [5, 5.41) is 9.41. The van der Waals surface area contributed by atoms with Crippen molar-refractivity contribution in [1.82, 2.24) is 4.98 Å². The Bertz CT molecular complexity index is 1000. The largest absolute Gasteiger partial charge is 0.385 e. The van der Waals surface area contributed by atoms with Crippen molar-refractivity contribution in [1.29, 1.82) is 5.26 Å². The molecular formula is C19H13N3O2. The lowest BCUT2D eigenvalue weighted by atomic mass is 9.91. The van der Waals surface area contributed by atoms with E-state index in [1.807, 2.05) is 12.1 Å². The average Bonchev–Trinajstić information content (AvgIpc) is 2.62. The minimum absolute atomic E-state index is 0.0493. The molecule has 0 radical (unpaired) electrons. The maximum absolute atomic E-state index is 12.9. The van der Waals surface area contributed by atoms with Gasteiger partial charge in [-0.1, -0.05) is 60.7 Å². The molecule has 0 unspecified atom stereocenters. The highest BCUT2D eigenvalue weighted by Crippen LogP contribution is 2.30. The number of anilines is 1. The van der Waals surface area contributed by atoms with Crippen molar-refractivity contribution < 1.29 is 4.79 Å². The molecule has 0 amide bonds. The lowest BCUT2D eigenvalue weighted by molar-refractivity contribution is 0.104. The van der Waals surface area contributed by atoms with E-state index < -0.39 is 5.56 Å². The van der Waals surface area contributed by atoms with Gasteiger partial charge in [0.25, 0.3) is 5.56 Å². The van der Waals surface area contributed by atoms with Crippen LogP contribution in [0.25, 0.3) is 11.1 Å². The predicted octanol–water partition coefficient (Wildman–Crippen LogP) is 2.73. The second kappa shape index (κ2) is 6.23. The number of carbonyl (C=O) groups is 1. The molecule has 1 aromatic heterocycles. The van der Waals surface area contributed by atoms with Gasteiger partial charge in [-0.3, -0.25) is 9.59 Å². The normalized spacial score (nSPS) is 10.1. The number of rotatable bonds is 3. The van der Waals surface area contributed by atoms with E-state index in [0.717, 1.165) is 0 Å². The number of hydrogen-bond acceptors (Lipinski definition) is 4. The van der Waals surface area contributed by atoms with Crippen molar-refractivity contribution in [2.45, 2.75) is 0 Å². The van der Waals surface area contributed by atoms with Gasteiger partial charge in [0, 0.05) is 11.1 Å². The Morgan fingerprint density at radius 3 is 2.17 bits per heavy atom. The summed E-state index contributed by atoms with van der Waals surface area (Å²) in [6.07, 6.45) is 0. The third kappa shape index (κ3) is 2.57. The van der Waals surface area contributed by atoms with Crippen molar-refractivity contribution >= 4 is 11.6 Å². The number of carbonyl (C=O) groups excluding carboxylic acids is 1. The summed E-state index contributed by atoms with van der Waals surface area (Å²) in [6, 6.07) is 19.3. The molecule has 2 aromatic carbocycles. The maximum Gasteiger partial charge on any atom is 0.268 e. The topological polar surface area (TPSA) is 99.7 Å². The number of benzene rings is 2. The SMILES string of the molecule is N#Cc1c(-c2ccccc2)c(C(=O)c2ccccc2)c(N)[nH]c1=O. The van der Waals surface area contributed by atoms with Crippen LogP contribution in [0.2, 0.25) is 0 Å². The van der Waals surface area contributed by atoms with Gasteiger partial charge in [0.05, 0.1) is 5.56 Å². The second-order valence-corrected chi connectivity index (χ2v) is 5.17. The van der Waals surface area contributed by atoms with Crippen LogP contribution in [-0.2, 0) is 0 Å². The van der Waals surface area contributed by atoms with Gasteiger partial charge in [-0.2, -0.15) is 5.26 Å². The van der Waals surface area contributed by atoms with Crippen molar-refractivity contribution in [2.24, 2.45) is 0 Å². The van der Waals surface area contributed by atoms with Crippen LogP contribution in [0.4, 0.5) is 5.82 Å². The van der Waals surface area contributed by atoms with Crippen LogP contribution < -0.4 is 11.3 Å². The van der Waals surface area contributed by atoms with Crippen molar-refractivity contribution in [3.05, 3.63) is 87.7 Å². The molecule has 24 heavy (non-hydrogen) atoms. The second-order valence-electron chi connectivity index (χ2n) is 5.17. The first-order valence-electron chi connectivity index (χ1n) is 7.24. The highest BCUT2D eigenvalue weighted by molar-refractivity contribution is 6.16. The van der Waals surface area contributed by atoms with Crippen LogP contribution in [-0.4, -0.2) is 10.8 Å². The molecular weight excluding hydrogens is 302 g/mol. The van der Waals surface area contributed by atoms with E-state index in [4.69, 9.17) is 5.73 Å². The Morgan fingerprint density at radius 1 is 1.00 bits per heavy atom. The summed E-state index contributed by atoms with van der Waals surface area (Å²) in [4.78, 5) is 27.4. The van der Waals surface area contributed by atoms with E-state index >= 15 is 0 Å². The molecule has 0 saturated carbocycles. The van der Waals surface area contributed by atoms with Gasteiger partial charge in [0.15, 0.2) is 5.78 Å². The zero-order valence-corrected chi connectivity index (χ0v) is 12.6. The Balaban J connectivity index is 2.36. The van der Waals surface area contributed by atoms with Gasteiger partial charge in [0.2, 0.25) is 0 Å². The molecule has 0 fully saturated rings. The average molecular weight is 315 g/mol. The van der Waals surface area contributed by atoms with Gasteiger partial charge >= 0.3 is 0 Å². The number of nitriles is 1. The summed E-state index contributed by atoms with van der Waals surface area (Å²) < 4.78 is 0. The quantitative estimate of drug-likeness (QED) is 0.726. The third-order valence-corrected chi connectivity index (χ3v) is 3.68. The number of hydrogen-bond donors (Lipinski definition) is 2.